The Morgan fingerprint density at radius 1 is 1.58 bits per heavy atom. The van der Waals surface area contributed by atoms with E-state index in [1.807, 2.05) is 0 Å². The van der Waals surface area contributed by atoms with Crippen LogP contribution in [0.15, 0.2) is 12.3 Å². The van der Waals surface area contributed by atoms with E-state index in [1.165, 1.54) is 0 Å². The first-order chi connectivity index (χ1) is 8.90. The van der Waals surface area contributed by atoms with Crippen molar-refractivity contribution >= 4 is 34.8 Å². The lowest BCUT2D eigenvalue weighted by molar-refractivity contribution is 0.0917. The van der Waals surface area contributed by atoms with Crippen LogP contribution in [0.25, 0.3) is 5.65 Å². The number of aromatic nitrogens is 2. The van der Waals surface area contributed by atoms with Gasteiger partial charge in [-0.3, -0.25) is 9.20 Å². The summed E-state index contributed by atoms with van der Waals surface area (Å²) in [6.45, 7) is 3.48. The third kappa shape index (κ3) is 2.83. The predicted octanol–water partition coefficient (Wildman–Crippen LogP) is 2.06. The molecule has 0 aromatic carbocycles. The molecule has 2 heterocycles. The van der Waals surface area contributed by atoms with E-state index < -0.39 is 6.10 Å². The van der Waals surface area contributed by atoms with Gasteiger partial charge in [0.2, 0.25) is 0 Å². The molecule has 0 aliphatic heterocycles. The topological polar surface area (TPSA) is 66.6 Å². The van der Waals surface area contributed by atoms with Crippen molar-refractivity contribution in [3.63, 3.8) is 0 Å². The highest BCUT2D eigenvalue weighted by Crippen LogP contribution is 2.24. The SMILES string of the molecule is Cc1nc2c(Cl)cc(Cl)cn2c1C(=O)NCC(C)O. The number of rotatable bonds is 3. The second-order valence-corrected chi connectivity index (χ2v) is 5.15. The number of aliphatic hydroxyl groups is 1. The fourth-order valence-electron chi connectivity index (χ4n) is 1.78. The van der Waals surface area contributed by atoms with Crippen molar-refractivity contribution in [3.05, 3.63) is 33.7 Å². The van der Waals surface area contributed by atoms with Crippen LogP contribution in [0.5, 0.6) is 0 Å². The van der Waals surface area contributed by atoms with Gasteiger partial charge in [-0.1, -0.05) is 23.2 Å². The molecule has 0 aliphatic carbocycles. The number of hydrogen-bond donors (Lipinski definition) is 2. The molecule has 2 aromatic heterocycles. The van der Waals surface area contributed by atoms with Crippen LogP contribution in [-0.4, -0.2) is 33.0 Å². The Labute approximate surface area is 120 Å². The molecular weight excluding hydrogens is 289 g/mol. The van der Waals surface area contributed by atoms with Gasteiger partial charge in [-0.05, 0) is 19.9 Å². The van der Waals surface area contributed by atoms with Crippen LogP contribution in [0, 0.1) is 6.92 Å². The number of pyridine rings is 1. The van der Waals surface area contributed by atoms with Crippen LogP contribution in [-0.2, 0) is 0 Å². The molecule has 1 unspecified atom stereocenters. The molecule has 1 atom stereocenters. The zero-order valence-corrected chi connectivity index (χ0v) is 12.0. The molecule has 2 N–H and O–H groups in total. The lowest BCUT2D eigenvalue weighted by Gasteiger charge is -2.08. The molecule has 2 rings (SSSR count). The van der Waals surface area contributed by atoms with E-state index in [4.69, 9.17) is 23.2 Å². The van der Waals surface area contributed by atoms with Crippen LogP contribution in [0.3, 0.4) is 0 Å². The van der Waals surface area contributed by atoms with Gasteiger partial charge in [-0.25, -0.2) is 4.98 Å². The largest absolute Gasteiger partial charge is 0.392 e. The Balaban J connectivity index is 2.48. The van der Waals surface area contributed by atoms with Gasteiger partial charge in [-0.2, -0.15) is 0 Å². The van der Waals surface area contributed by atoms with Gasteiger partial charge in [0, 0.05) is 12.7 Å². The van der Waals surface area contributed by atoms with Gasteiger partial charge in [0.1, 0.15) is 5.69 Å². The summed E-state index contributed by atoms with van der Waals surface area (Å²) in [4.78, 5) is 16.3. The van der Waals surface area contributed by atoms with Gasteiger partial charge in [-0.15, -0.1) is 0 Å². The van der Waals surface area contributed by atoms with Crippen molar-refractivity contribution in [2.45, 2.75) is 20.0 Å². The summed E-state index contributed by atoms with van der Waals surface area (Å²) < 4.78 is 1.55. The van der Waals surface area contributed by atoms with E-state index in [9.17, 15) is 9.90 Å². The monoisotopic (exact) mass is 301 g/mol. The van der Waals surface area contributed by atoms with Gasteiger partial charge >= 0.3 is 0 Å². The second-order valence-electron chi connectivity index (χ2n) is 4.30. The molecule has 102 valence electrons. The number of nitrogens with one attached hydrogen (secondary N) is 1. The fraction of sp³-hybridized carbons (Fsp3) is 0.333. The van der Waals surface area contributed by atoms with Crippen molar-refractivity contribution < 1.29 is 9.90 Å². The lowest BCUT2D eigenvalue weighted by Crippen LogP contribution is -2.31. The molecule has 0 saturated heterocycles. The molecule has 0 aliphatic rings. The lowest BCUT2D eigenvalue weighted by atomic mass is 10.3. The molecule has 19 heavy (non-hydrogen) atoms. The Bertz CT molecular complexity index is 637. The molecule has 2 aromatic rings. The predicted molar refractivity (Wildman–Crippen MR) is 74.0 cm³/mol. The molecular formula is C12H13Cl2N3O2. The van der Waals surface area contributed by atoms with E-state index in [-0.39, 0.29) is 12.5 Å². The molecule has 5 nitrogen and oxygen atoms in total. The minimum absolute atomic E-state index is 0.166. The second kappa shape index (κ2) is 5.36. The van der Waals surface area contributed by atoms with Crippen molar-refractivity contribution in [3.8, 4) is 0 Å². The van der Waals surface area contributed by atoms with Crippen molar-refractivity contribution in [2.75, 3.05) is 6.54 Å². The number of aliphatic hydroxyl groups excluding tert-OH is 1. The van der Waals surface area contributed by atoms with E-state index >= 15 is 0 Å². The average molecular weight is 302 g/mol. The number of nitrogens with zero attached hydrogens (tertiary/aromatic N) is 2. The van der Waals surface area contributed by atoms with E-state index in [0.29, 0.717) is 27.1 Å². The summed E-state index contributed by atoms with van der Waals surface area (Å²) in [6.07, 6.45) is 0.968. The zero-order valence-electron chi connectivity index (χ0n) is 10.4. The maximum absolute atomic E-state index is 12.1. The van der Waals surface area contributed by atoms with Gasteiger partial charge in [0.25, 0.3) is 5.91 Å². The highest BCUT2D eigenvalue weighted by Gasteiger charge is 2.18. The van der Waals surface area contributed by atoms with Crippen molar-refractivity contribution in [1.29, 1.82) is 0 Å². The summed E-state index contributed by atoms with van der Waals surface area (Å²) in [6, 6.07) is 1.57. The van der Waals surface area contributed by atoms with E-state index in [0.717, 1.165) is 0 Å². The third-order valence-corrected chi connectivity index (χ3v) is 3.07. The first-order valence-corrected chi connectivity index (χ1v) is 6.45. The fourth-order valence-corrected chi connectivity index (χ4v) is 2.30. The van der Waals surface area contributed by atoms with Crippen LogP contribution >= 0.6 is 23.2 Å². The zero-order chi connectivity index (χ0) is 14.2. The van der Waals surface area contributed by atoms with Crippen LogP contribution in [0.1, 0.15) is 23.1 Å². The number of carbonyl (C=O) groups is 1. The smallest absolute Gasteiger partial charge is 0.270 e. The maximum Gasteiger partial charge on any atom is 0.270 e. The highest BCUT2D eigenvalue weighted by atomic mass is 35.5. The van der Waals surface area contributed by atoms with E-state index in [2.05, 4.69) is 10.3 Å². The molecule has 1 amide bonds. The number of carbonyl (C=O) groups excluding carboxylic acids is 1. The van der Waals surface area contributed by atoms with Gasteiger partial charge in [0.15, 0.2) is 5.65 Å². The number of halogens is 2. The quantitative estimate of drug-likeness (QED) is 0.912. The minimum atomic E-state index is -0.615. The van der Waals surface area contributed by atoms with E-state index in [1.54, 1.807) is 30.5 Å². The summed E-state index contributed by atoms with van der Waals surface area (Å²) in [5, 5.41) is 12.6. The number of fused-ring (bicyclic) bond motifs is 1. The van der Waals surface area contributed by atoms with Crippen molar-refractivity contribution in [2.24, 2.45) is 0 Å². The van der Waals surface area contributed by atoms with Crippen LogP contribution < -0.4 is 5.32 Å². The Morgan fingerprint density at radius 2 is 2.26 bits per heavy atom. The van der Waals surface area contributed by atoms with Crippen molar-refractivity contribution in [1.82, 2.24) is 14.7 Å². The van der Waals surface area contributed by atoms with Crippen LogP contribution in [0.4, 0.5) is 0 Å². The molecule has 7 heteroatoms. The normalized spacial score (nSPS) is 12.7. The molecule has 0 saturated carbocycles. The number of hydrogen-bond acceptors (Lipinski definition) is 3. The van der Waals surface area contributed by atoms with Crippen LogP contribution in [0.2, 0.25) is 10.0 Å². The third-order valence-electron chi connectivity index (χ3n) is 2.59. The van der Waals surface area contributed by atoms with Gasteiger partial charge in [0.05, 0.1) is 21.8 Å². The number of imidazole rings is 1. The maximum atomic E-state index is 12.1. The standard InChI is InChI=1S/C12H13Cl2N3O2/c1-6(18)4-15-12(19)10-7(2)16-11-9(14)3-8(13)5-17(10)11/h3,5-6,18H,4H2,1-2H3,(H,15,19). The first-order valence-electron chi connectivity index (χ1n) is 5.70. The molecule has 0 radical (unpaired) electrons. The number of aryl methyl sites for hydroxylation is 1. The summed E-state index contributed by atoms with van der Waals surface area (Å²) in [5.41, 5.74) is 1.39. The Kier molecular flexibility index (Phi) is 3.99. The molecule has 0 bridgehead atoms. The summed E-state index contributed by atoms with van der Waals surface area (Å²) >= 11 is 12.0. The summed E-state index contributed by atoms with van der Waals surface area (Å²) in [5.74, 6) is -0.329. The first kappa shape index (κ1) is 14.1. The minimum Gasteiger partial charge on any atom is -0.392 e. The molecule has 0 spiro atoms. The van der Waals surface area contributed by atoms with Gasteiger partial charge < -0.3 is 10.4 Å². The Hall–Kier alpha value is -1.30. The number of amides is 1. The highest BCUT2D eigenvalue weighted by molar-refractivity contribution is 6.36. The summed E-state index contributed by atoms with van der Waals surface area (Å²) in [7, 11) is 0. The Morgan fingerprint density at radius 3 is 2.89 bits per heavy atom. The average Bonchev–Trinajstić information content (AvgIpc) is 2.63. The molecule has 0 fully saturated rings.